The van der Waals surface area contributed by atoms with Crippen molar-refractivity contribution in [2.45, 2.75) is 19.4 Å². The van der Waals surface area contributed by atoms with Crippen LogP contribution in [0.1, 0.15) is 18.6 Å². The first-order chi connectivity index (χ1) is 12.0. The minimum Gasteiger partial charge on any atom is -0.466 e. The second kappa shape index (κ2) is 6.78. The Hall–Kier alpha value is -3.13. The molecule has 0 radical (unpaired) electrons. The lowest BCUT2D eigenvalue weighted by Crippen LogP contribution is -2.40. The lowest BCUT2D eigenvalue weighted by Gasteiger charge is -2.21. The quantitative estimate of drug-likeness (QED) is 0.657. The molecular weight excluding hydrogens is 324 g/mol. The van der Waals surface area contributed by atoms with Gasteiger partial charge in [-0.1, -0.05) is 17.3 Å². The highest BCUT2D eigenvalue weighted by Gasteiger charge is 2.27. The number of hydrogen-bond donors (Lipinski definition) is 3. The molecule has 0 saturated heterocycles. The van der Waals surface area contributed by atoms with E-state index in [9.17, 15) is 9.90 Å². The Morgan fingerprint density at radius 2 is 2.08 bits per heavy atom. The van der Waals surface area contributed by atoms with E-state index < -0.39 is 11.6 Å². The third-order valence-corrected chi connectivity index (χ3v) is 3.59. The number of amides is 2. The van der Waals surface area contributed by atoms with Crippen molar-refractivity contribution in [2.75, 3.05) is 11.9 Å². The molecule has 0 bridgehead atoms. The number of para-hydroxylation sites is 1. The van der Waals surface area contributed by atoms with E-state index in [0.29, 0.717) is 28.7 Å². The Kier molecular flexibility index (Phi) is 4.53. The Morgan fingerprint density at radius 3 is 2.76 bits per heavy atom. The Balaban J connectivity index is 1.68. The number of benzene rings is 1. The van der Waals surface area contributed by atoms with Crippen molar-refractivity contribution in [3.63, 3.8) is 0 Å². The summed E-state index contributed by atoms with van der Waals surface area (Å²) in [6.45, 7) is 3.23. The standard InChI is InChI=1S/C17H18N4O4/c1-11-19-15(21-25-11)12-6-3-4-7-13(12)20-16(22)18-10-17(2,23)14-8-5-9-24-14/h3-9,23H,10H2,1-2H3,(H2,18,20,22)/t17-/m0/s1. The fraction of sp³-hybridized carbons (Fsp3) is 0.235. The molecule has 0 spiro atoms. The van der Waals surface area contributed by atoms with Gasteiger partial charge < -0.3 is 24.7 Å². The molecule has 2 heterocycles. The molecule has 0 unspecified atom stereocenters. The highest BCUT2D eigenvalue weighted by molar-refractivity contribution is 5.93. The zero-order valence-corrected chi connectivity index (χ0v) is 13.8. The molecule has 2 aromatic heterocycles. The van der Waals surface area contributed by atoms with E-state index >= 15 is 0 Å². The number of nitrogens with zero attached hydrogens (tertiary/aromatic N) is 2. The maximum absolute atomic E-state index is 12.2. The first-order valence-electron chi connectivity index (χ1n) is 7.66. The number of aryl methyl sites for hydroxylation is 1. The van der Waals surface area contributed by atoms with E-state index in [2.05, 4.69) is 20.8 Å². The van der Waals surface area contributed by atoms with Gasteiger partial charge in [-0.15, -0.1) is 0 Å². The van der Waals surface area contributed by atoms with Gasteiger partial charge in [-0.3, -0.25) is 0 Å². The molecule has 0 aliphatic carbocycles. The second-order valence-corrected chi connectivity index (χ2v) is 5.74. The number of nitrogens with one attached hydrogen (secondary N) is 2. The van der Waals surface area contributed by atoms with E-state index in [0.717, 1.165) is 0 Å². The van der Waals surface area contributed by atoms with Crippen LogP contribution < -0.4 is 10.6 Å². The Labute approximate surface area is 143 Å². The predicted molar refractivity (Wildman–Crippen MR) is 89.8 cm³/mol. The highest BCUT2D eigenvalue weighted by atomic mass is 16.5. The van der Waals surface area contributed by atoms with Gasteiger partial charge in [0.15, 0.2) is 0 Å². The fourth-order valence-electron chi connectivity index (χ4n) is 2.29. The molecule has 8 heteroatoms. The predicted octanol–water partition coefficient (Wildman–Crippen LogP) is 2.67. The maximum atomic E-state index is 12.2. The summed E-state index contributed by atoms with van der Waals surface area (Å²) in [5, 5.41) is 19.6. The van der Waals surface area contributed by atoms with E-state index in [-0.39, 0.29) is 6.54 Å². The number of hydrogen-bond acceptors (Lipinski definition) is 6. The number of aliphatic hydroxyl groups is 1. The molecule has 0 saturated carbocycles. The zero-order chi connectivity index (χ0) is 17.9. The number of rotatable bonds is 5. The van der Waals surface area contributed by atoms with Crippen LogP contribution in [0.5, 0.6) is 0 Å². The van der Waals surface area contributed by atoms with E-state index in [1.165, 1.54) is 6.26 Å². The molecule has 25 heavy (non-hydrogen) atoms. The van der Waals surface area contributed by atoms with E-state index in [1.807, 2.05) is 6.07 Å². The molecule has 1 atom stereocenters. The fourth-order valence-corrected chi connectivity index (χ4v) is 2.29. The minimum atomic E-state index is -1.31. The largest absolute Gasteiger partial charge is 0.466 e. The summed E-state index contributed by atoms with van der Waals surface area (Å²) in [6, 6.07) is 9.95. The van der Waals surface area contributed by atoms with Gasteiger partial charge in [-0.25, -0.2) is 4.79 Å². The van der Waals surface area contributed by atoms with Crippen LogP contribution in [0.4, 0.5) is 10.5 Å². The summed E-state index contributed by atoms with van der Waals surface area (Å²) in [7, 11) is 0. The normalized spacial score (nSPS) is 13.2. The average Bonchev–Trinajstić information content (AvgIpc) is 3.26. The van der Waals surface area contributed by atoms with E-state index in [4.69, 9.17) is 8.94 Å². The van der Waals surface area contributed by atoms with Gasteiger partial charge in [0.05, 0.1) is 18.5 Å². The van der Waals surface area contributed by atoms with Crippen molar-refractivity contribution >= 4 is 11.7 Å². The summed E-state index contributed by atoms with van der Waals surface area (Å²) in [5.74, 6) is 1.19. The van der Waals surface area contributed by atoms with Crippen molar-refractivity contribution in [1.82, 2.24) is 15.5 Å². The number of aromatic nitrogens is 2. The van der Waals surface area contributed by atoms with Crippen molar-refractivity contribution in [3.05, 3.63) is 54.3 Å². The van der Waals surface area contributed by atoms with Crippen LogP contribution in [-0.4, -0.2) is 27.8 Å². The molecule has 0 fully saturated rings. The van der Waals surface area contributed by atoms with Gasteiger partial charge in [-0.05, 0) is 31.2 Å². The molecule has 130 valence electrons. The minimum absolute atomic E-state index is 0.0180. The van der Waals surface area contributed by atoms with Crippen LogP contribution in [0.3, 0.4) is 0 Å². The van der Waals surface area contributed by atoms with Crippen LogP contribution in [0.25, 0.3) is 11.4 Å². The van der Waals surface area contributed by atoms with Crippen LogP contribution in [0.15, 0.2) is 51.6 Å². The summed E-state index contributed by atoms with van der Waals surface area (Å²) < 4.78 is 10.2. The zero-order valence-electron chi connectivity index (χ0n) is 13.8. The summed E-state index contributed by atoms with van der Waals surface area (Å²) in [5.41, 5.74) is -0.156. The molecule has 3 rings (SSSR count). The summed E-state index contributed by atoms with van der Waals surface area (Å²) in [4.78, 5) is 16.4. The van der Waals surface area contributed by atoms with Gasteiger partial charge in [0.2, 0.25) is 11.7 Å². The topological polar surface area (TPSA) is 113 Å². The second-order valence-electron chi connectivity index (χ2n) is 5.74. The lowest BCUT2D eigenvalue weighted by molar-refractivity contribution is 0.0372. The van der Waals surface area contributed by atoms with Gasteiger partial charge in [0.25, 0.3) is 0 Å². The molecule has 3 aromatic rings. The highest BCUT2D eigenvalue weighted by Crippen LogP contribution is 2.25. The molecule has 1 aromatic carbocycles. The van der Waals surface area contributed by atoms with Crippen molar-refractivity contribution < 1.29 is 18.8 Å². The smallest absolute Gasteiger partial charge is 0.319 e. The molecular formula is C17H18N4O4. The molecule has 0 aliphatic rings. The van der Waals surface area contributed by atoms with Crippen molar-refractivity contribution in [1.29, 1.82) is 0 Å². The molecule has 3 N–H and O–H groups in total. The van der Waals surface area contributed by atoms with E-state index in [1.54, 1.807) is 44.2 Å². The molecule has 8 nitrogen and oxygen atoms in total. The van der Waals surface area contributed by atoms with Crippen LogP contribution in [0.2, 0.25) is 0 Å². The first-order valence-corrected chi connectivity index (χ1v) is 7.66. The van der Waals surface area contributed by atoms with Crippen molar-refractivity contribution in [2.24, 2.45) is 0 Å². The van der Waals surface area contributed by atoms with Gasteiger partial charge in [-0.2, -0.15) is 4.98 Å². The average molecular weight is 342 g/mol. The lowest BCUT2D eigenvalue weighted by atomic mass is 10.0. The number of furan rings is 1. The third-order valence-electron chi connectivity index (χ3n) is 3.59. The monoisotopic (exact) mass is 342 g/mol. The van der Waals surface area contributed by atoms with Gasteiger partial charge in [0, 0.05) is 12.5 Å². The Morgan fingerprint density at radius 1 is 1.28 bits per heavy atom. The van der Waals surface area contributed by atoms with Crippen LogP contribution >= 0.6 is 0 Å². The maximum Gasteiger partial charge on any atom is 0.319 e. The number of carbonyl (C=O) groups excluding carboxylic acids is 1. The number of urea groups is 1. The molecule has 2 amide bonds. The van der Waals surface area contributed by atoms with Gasteiger partial charge >= 0.3 is 6.03 Å². The van der Waals surface area contributed by atoms with Crippen molar-refractivity contribution in [3.8, 4) is 11.4 Å². The third kappa shape index (κ3) is 3.86. The van der Waals surface area contributed by atoms with Gasteiger partial charge in [0.1, 0.15) is 11.4 Å². The number of anilines is 1. The molecule has 0 aliphatic heterocycles. The van der Waals surface area contributed by atoms with Crippen LogP contribution in [0, 0.1) is 6.92 Å². The number of carbonyl (C=O) groups is 1. The SMILES string of the molecule is Cc1nc(-c2ccccc2NC(=O)NC[C@](C)(O)c2ccco2)no1. The summed E-state index contributed by atoms with van der Waals surface area (Å²) in [6.07, 6.45) is 1.47. The Bertz CT molecular complexity index is 855. The first kappa shape index (κ1) is 16.7. The summed E-state index contributed by atoms with van der Waals surface area (Å²) >= 11 is 0. The van der Waals surface area contributed by atoms with Crippen LogP contribution in [-0.2, 0) is 5.60 Å².